The number of nitrogens with one attached hydrogen (secondary N) is 1. The van der Waals surface area contributed by atoms with Crippen molar-refractivity contribution in [2.24, 2.45) is 21.3 Å². The zero-order chi connectivity index (χ0) is 27.9. The van der Waals surface area contributed by atoms with Crippen LogP contribution in [-0.2, 0) is 26.6 Å². The van der Waals surface area contributed by atoms with E-state index in [2.05, 4.69) is 31.8 Å². The second-order valence-corrected chi connectivity index (χ2v) is 13.0. The van der Waals surface area contributed by atoms with Crippen molar-refractivity contribution >= 4 is 42.9 Å². The topological polar surface area (TPSA) is 167 Å². The number of sulfonamides is 2. The molecular weight excluding hydrogens is 528 g/mol. The number of aryl methyl sites for hydroxylation is 1. The number of fused-ring (bicyclic) bond motifs is 1. The van der Waals surface area contributed by atoms with Crippen molar-refractivity contribution < 1.29 is 16.8 Å². The molecule has 2 atom stereocenters. The fourth-order valence-electron chi connectivity index (χ4n) is 4.11. The second-order valence-electron chi connectivity index (χ2n) is 9.56. The smallest absolute Gasteiger partial charge is 0.236 e. The van der Waals surface area contributed by atoms with Crippen molar-refractivity contribution in [1.82, 2.24) is 14.5 Å². The van der Waals surface area contributed by atoms with E-state index in [9.17, 15) is 16.8 Å². The number of nitrogens with zero attached hydrogens (tertiary/aromatic N) is 6. The van der Waals surface area contributed by atoms with Gasteiger partial charge in [0.05, 0.1) is 28.6 Å². The van der Waals surface area contributed by atoms with Gasteiger partial charge in [-0.15, -0.1) is 0 Å². The van der Waals surface area contributed by atoms with E-state index in [0.29, 0.717) is 30.2 Å². The number of benzene rings is 1. The van der Waals surface area contributed by atoms with Gasteiger partial charge in [-0.2, -0.15) is 10.2 Å². The summed E-state index contributed by atoms with van der Waals surface area (Å²) in [6.45, 7) is 14.0. The molecule has 0 spiro atoms. The molecule has 0 saturated heterocycles. The number of aromatic nitrogens is 2. The second kappa shape index (κ2) is 12.8. The van der Waals surface area contributed by atoms with Gasteiger partial charge in [-0.05, 0) is 55.9 Å². The Hall–Kier alpha value is -2.86. The van der Waals surface area contributed by atoms with Crippen LogP contribution in [0.4, 0.5) is 22.9 Å². The van der Waals surface area contributed by atoms with Crippen LogP contribution < -0.4 is 9.86 Å². The molecule has 0 fully saturated rings. The molecule has 1 aromatic heterocycles. The van der Waals surface area contributed by atoms with E-state index < -0.39 is 20.0 Å². The first-order valence-corrected chi connectivity index (χ1v) is 15.9. The van der Waals surface area contributed by atoms with Gasteiger partial charge in [-0.3, -0.25) is 5.10 Å². The Bertz CT molecular complexity index is 1410. The summed E-state index contributed by atoms with van der Waals surface area (Å²) in [6.07, 6.45) is 6.12. The number of hydrogen-bond donors (Lipinski definition) is 2. The highest BCUT2D eigenvalue weighted by Gasteiger charge is 2.24. The molecule has 2 aromatic rings. The Labute approximate surface area is 225 Å². The Morgan fingerprint density at radius 1 is 1.21 bits per heavy atom. The highest BCUT2D eigenvalue weighted by molar-refractivity contribution is 7.89. The van der Waals surface area contributed by atoms with Crippen LogP contribution in [0, 0.1) is 19.4 Å². The zero-order valence-corrected chi connectivity index (χ0v) is 23.6. The number of hydrogen-bond acceptors (Lipinski definition) is 7. The summed E-state index contributed by atoms with van der Waals surface area (Å²) in [7, 11) is -7.29. The first-order valence-electron chi connectivity index (χ1n) is 12.7. The molecule has 12 nitrogen and oxygen atoms in total. The molecule has 2 heterocycles. The van der Waals surface area contributed by atoms with Crippen LogP contribution in [0.15, 0.2) is 33.3 Å². The van der Waals surface area contributed by atoms with E-state index in [1.54, 1.807) is 11.6 Å². The Balaban J connectivity index is 1.60. The summed E-state index contributed by atoms with van der Waals surface area (Å²) in [5, 5.41) is 22.8. The highest BCUT2D eigenvalue weighted by atomic mass is 32.2. The highest BCUT2D eigenvalue weighted by Crippen LogP contribution is 2.44. The van der Waals surface area contributed by atoms with E-state index in [0.717, 1.165) is 31.7 Å². The minimum Gasteiger partial charge on any atom is -0.459 e. The summed E-state index contributed by atoms with van der Waals surface area (Å²) < 4.78 is 52.4. The fourth-order valence-corrected chi connectivity index (χ4v) is 5.89. The Morgan fingerprint density at radius 2 is 1.92 bits per heavy atom. The standard InChI is InChI=1S/C24H35N8O4S2/c1-5-6-7-8-9-10-13-37(33,34)27-15-17(2)22-16-32-24(28-22)23(18(3)31-32)30-29-20-12-11-19(38(25,35)36)14-21(20)26-4/h11-12,14,17,22,27H,5-10,13,15-16H2,1-3H3,(H2,25,35,36)/q-1. The van der Waals surface area contributed by atoms with E-state index in [1.807, 2.05) is 6.92 Å². The molecule has 3 N–H and O–H groups in total. The van der Waals surface area contributed by atoms with E-state index in [1.165, 1.54) is 18.6 Å². The lowest BCUT2D eigenvalue weighted by atomic mass is 10.0. The first kappa shape index (κ1) is 29.7. The lowest BCUT2D eigenvalue weighted by Crippen LogP contribution is -2.34. The lowest BCUT2D eigenvalue weighted by molar-refractivity contribution is 0.449. The molecule has 3 rings (SSSR count). The maximum atomic E-state index is 12.4. The van der Waals surface area contributed by atoms with Gasteiger partial charge in [0.2, 0.25) is 25.7 Å². The van der Waals surface area contributed by atoms with Crippen molar-refractivity contribution in [2.75, 3.05) is 12.3 Å². The van der Waals surface area contributed by atoms with Crippen molar-refractivity contribution in [1.29, 1.82) is 0 Å². The molecule has 208 valence electrons. The SMILES string of the molecule is [C-]#[N+]c1cc(S(N)(=O)=O)ccc1N=Nc1c(C)nn2c1[N-]C(C(C)CNS(=O)(=O)CCCCCCCC)C2. The average molecular weight is 564 g/mol. The van der Waals surface area contributed by atoms with Gasteiger partial charge in [-0.25, -0.2) is 31.5 Å². The minimum atomic E-state index is -3.95. The number of azo groups is 1. The van der Waals surface area contributed by atoms with Gasteiger partial charge in [0, 0.05) is 6.54 Å². The predicted octanol–water partition coefficient (Wildman–Crippen LogP) is 5.11. The molecule has 14 heteroatoms. The van der Waals surface area contributed by atoms with Crippen LogP contribution in [0.1, 0.15) is 58.1 Å². The van der Waals surface area contributed by atoms with Gasteiger partial charge in [-0.1, -0.05) is 46.0 Å². The quantitative estimate of drug-likeness (QED) is 0.185. The maximum absolute atomic E-state index is 12.4. The summed E-state index contributed by atoms with van der Waals surface area (Å²) in [6, 6.07) is 3.61. The number of unbranched alkanes of at least 4 members (excludes halogenated alkanes) is 5. The molecular formula is C24H35N8O4S2-. The predicted molar refractivity (Wildman–Crippen MR) is 146 cm³/mol. The van der Waals surface area contributed by atoms with E-state index in [4.69, 9.17) is 17.0 Å². The van der Waals surface area contributed by atoms with Crippen LogP contribution in [-0.4, -0.2) is 45.0 Å². The largest absolute Gasteiger partial charge is 0.459 e. The molecule has 38 heavy (non-hydrogen) atoms. The molecule has 1 aliphatic heterocycles. The molecule has 0 aliphatic carbocycles. The molecule has 0 bridgehead atoms. The molecule has 0 amide bonds. The molecule has 1 aliphatic rings. The van der Waals surface area contributed by atoms with Crippen molar-refractivity contribution in [2.45, 2.75) is 76.8 Å². The Kier molecular flexibility index (Phi) is 10.00. The summed E-state index contributed by atoms with van der Waals surface area (Å²) in [5.74, 6) is 0.591. The minimum absolute atomic E-state index is 0.00146. The van der Waals surface area contributed by atoms with Gasteiger partial charge in [0.1, 0.15) is 5.69 Å². The number of primary sulfonamides is 1. The van der Waals surface area contributed by atoms with Gasteiger partial charge < -0.3 is 10.00 Å². The van der Waals surface area contributed by atoms with Crippen LogP contribution in [0.25, 0.3) is 10.2 Å². The van der Waals surface area contributed by atoms with E-state index in [-0.39, 0.29) is 40.5 Å². The third-order valence-electron chi connectivity index (χ3n) is 6.42. The average Bonchev–Trinajstić information content (AvgIpc) is 3.40. The zero-order valence-electron chi connectivity index (χ0n) is 22.0. The van der Waals surface area contributed by atoms with Crippen LogP contribution >= 0.6 is 0 Å². The summed E-state index contributed by atoms with van der Waals surface area (Å²) in [4.78, 5) is 3.15. The monoisotopic (exact) mass is 563 g/mol. The summed E-state index contributed by atoms with van der Waals surface area (Å²) >= 11 is 0. The summed E-state index contributed by atoms with van der Waals surface area (Å²) in [5.41, 5.74) is 1.23. The van der Waals surface area contributed by atoms with Gasteiger partial charge >= 0.3 is 0 Å². The van der Waals surface area contributed by atoms with Crippen molar-refractivity contribution in [3.8, 4) is 0 Å². The lowest BCUT2D eigenvalue weighted by Gasteiger charge is -2.25. The number of nitrogens with two attached hydrogens (primary N) is 1. The van der Waals surface area contributed by atoms with Crippen LogP contribution in [0.5, 0.6) is 0 Å². The third kappa shape index (κ3) is 7.83. The third-order valence-corrected chi connectivity index (χ3v) is 8.76. The van der Waals surface area contributed by atoms with Crippen LogP contribution in [0.3, 0.4) is 0 Å². The molecule has 0 radical (unpaired) electrons. The number of rotatable bonds is 14. The molecule has 2 unspecified atom stereocenters. The normalized spacial score (nSPS) is 16.3. The van der Waals surface area contributed by atoms with Gasteiger partial charge in [0.15, 0.2) is 0 Å². The van der Waals surface area contributed by atoms with Gasteiger partial charge in [0.25, 0.3) is 0 Å². The first-order chi connectivity index (χ1) is 17.9. The van der Waals surface area contributed by atoms with Crippen molar-refractivity contribution in [3.63, 3.8) is 0 Å². The maximum Gasteiger partial charge on any atom is 0.236 e. The molecule has 0 saturated carbocycles. The fraction of sp³-hybridized carbons (Fsp3) is 0.583. The van der Waals surface area contributed by atoms with Crippen LogP contribution in [0.2, 0.25) is 0 Å². The Morgan fingerprint density at radius 3 is 2.61 bits per heavy atom. The molecule has 1 aromatic carbocycles. The van der Waals surface area contributed by atoms with Crippen molar-refractivity contribution in [3.05, 3.63) is 40.6 Å². The van der Waals surface area contributed by atoms with E-state index >= 15 is 0 Å².